The Kier molecular flexibility index (Phi) is 5.52. The lowest BCUT2D eigenvalue weighted by Crippen LogP contribution is -2.34. The van der Waals surface area contributed by atoms with Gasteiger partial charge in [0, 0.05) is 17.8 Å². The molecule has 1 aliphatic heterocycles. The van der Waals surface area contributed by atoms with Crippen molar-refractivity contribution in [1.29, 1.82) is 0 Å². The average Bonchev–Trinajstić information content (AvgIpc) is 2.66. The molecule has 1 atom stereocenters. The second kappa shape index (κ2) is 6.42. The predicted molar refractivity (Wildman–Crippen MR) is 72.5 cm³/mol. The molecule has 1 aromatic rings. The Hall–Kier alpha value is -0.320. The van der Waals surface area contributed by atoms with E-state index in [1.165, 1.54) is 38.0 Å². The molecule has 1 aliphatic rings. The number of likely N-dealkylation sites (tertiary alicyclic amines) is 1. The molecule has 0 aromatic carbocycles. The van der Waals surface area contributed by atoms with E-state index >= 15 is 0 Å². The molecule has 2 heterocycles. The number of rotatable bonds is 3. The first-order valence-electron chi connectivity index (χ1n) is 5.73. The van der Waals surface area contributed by atoms with Crippen LogP contribution in [0.4, 0.5) is 5.13 Å². The first-order chi connectivity index (χ1) is 7.29. The maximum Gasteiger partial charge on any atom is 0.180 e. The van der Waals surface area contributed by atoms with Crippen LogP contribution in [-0.2, 0) is 0 Å². The summed E-state index contributed by atoms with van der Waals surface area (Å²) < 4.78 is 0. The van der Waals surface area contributed by atoms with Crippen molar-refractivity contribution in [2.45, 2.75) is 32.1 Å². The molecule has 2 rings (SSSR count). The van der Waals surface area contributed by atoms with Crippen molar-refractivity contribution >= 4 is 28.9 Å². The van der Waals surface area contributed by atoms with Crippen molar-refractivity contribution in [3.05, 3.63) is 11.1 Å². The first kappa shape index (κ1) is 13.7. The molecule has 0 bridgehead atoms. The van der Waals surface area contributed by atoms with Crippen LogP contribution in [0.3, 0.4) is 0 Å². The van der Waals surface area contributed by atoms with Gasteiger partial charge >= 0.3 is 0 Å². The lowest BCUT2D eigenvalue weighted by Gasteiger charge is -2.31. The number of piperidine rings is 1. The van der Waals surface area contributed by atoms with Crippen LogP contribution in [0.2, 0.25) is 0 Å². The van der Waals surface area contributed by atoms with Crippen molar-refractivity contribution in [3.63, 3.8) is 0 Å². The standard InChI is InChI=1S/C11H19N3S.ClH/c1-2-5-14-6-3-4-9(7-14)10-8-15-11(12)13-10;/h8-9H,2-7H2,1H3,(H2,12,13);1H. The van der Waals surface area contributed by atoms with Crippen LogP contribution in [0, 0.1) is 0 Å². The highest BCUT2D eigenvalue weighted by Crippen LogP contribution is 2.28. The second-order valence-electron chi connectivity index (χ2n) is 4.25. The van der Waals surface area contributed by atoms with Crippen LogP contribution in [0.25, 0.3) is 0 Å². The minimum atomic E-state index is 0. The number of hydrogen-bond donors (Lipinski definition) is 1. The topological polar surface area (TPSA) is 42.1 Å². The van der Waals surface area contributed by atoms with Gasteiger partial charge in [0.05, 0.1) is 5.69 Å². The lowest BCUT2D eigenvalue weighted by molar-refractivity contribution is 0.207. The number of nitrogens with two attached hydrogens (primary N) is 1. The van der Waals surface area contributed by atoms with Gasteiger partial charge in [-0.1, -0.05) is 6.92 Å². The highest BCUT2D eigenvalue weighted by Gasteiger charge is 2.22. The zero-order chi connectivity index (χ0) is 10.7. The molecular weight excluding hydrogens is 242 g/mol. The Morgan fingerprint density at radius 3 is 3.06 bits per heavy atom. The minimum absolute atomic E-state index is 0. The van der Waals surface area contributed by atoms with E-state index in [4.69, 9.17) is 5.73 Å². The Bertz CT molecular complexity index is 314. The van der Waals surface area contributed by atoms with E-state index < -0.39 is 0 Å². The quantitative estimate of drug-likeness (QED) is 0.910. The highest BCUT2D eigenvalue weighted by atomic mass is 35.5. The smallest absolute Gasteiger partial charge is 0.180 e. The molecule has 0 saturated carbocycles. The molecule has 0 aliphatic carbocycles. The van der Waals surface area contributed by atoms with Gasteiger partial charge in [0.2, 0.25) is 0 Å². The summed E-state index contributed by atoms with van der Waals surface area (Å²) in [5.41, 5.74) is 6.88. The summed E-state index contributed by atoms with van der Waals surface area (Å²) in [4.78, 5) is 6.94. The summed E-state index contributed by atoms with van der Waals surface area (Å²) in [6.45, 7) is 5.88. The molecule has 1 unspecified atom stereocenters. The van der Waals surface area contributed by atoms with E-state index in [0.717, 1.165) is 6.54 Å². The van der Waals surface area contributed by atoms with Gasteiger partial charge in [-0.25, -0.2) is 4.98 Å². The number of nitrogens with zero attached hydrogens (tertiary/aromatic N) is 2. The van der Waals surface area contributed by atoms with Crippen LogP contribution >= 0.6 is 23.7 Å². The summed E-state index contributed by atoms with van der Waals surface area (Å²) in [6, 6.07) is 0. The van der Waals surface area contributed by atoms with E-state index in [-0.39, 0.29) is 12.4 Å². The van der Waals surface area contributed by atoms with Gasteiger partial charge in [0.15, 0.2) is 5.13 Å². The Morgan fingerprint density at radius 2 is 2.44 bits per heavy atom. The Balaban J connectivity index is 0.00000128. The van der Waals surface area contributed by atoms with Crippen molar-refractivity contribution in [1.82, 2.24) is 9.88 Å². The normalized spacial score (nSPS) is 21.7. The number of anilines is 1. The maximum absolute atomic E-state index is 5.67. The molecule has 5 heteroatoms. The molecule has 1 fully saturated rings. The maximum atomic E-state index is 5.67. The fraction of sp³-hybridized carbons (Fsp3) is 0.727. The van der Waals surface area contributed by atoms with Gasteiger partial charge in [-0.15, -0.1) is 23.7 Å². The third-order valence-electron chi connectivity index (χ3n) is 3.00. The summed E-state index contributed by atoms with van der Waals surface area (Å²) >= 11 is 1.56. The van der Waals surface area contributed by atoms with Crippen LogP contribution in [0.15, 0.2) is 5.38 Å². The number of nitrogen functional groups attached to an aromatic ring is 1. The molecular formula is C11H20ClN3S. The van der Waals surface area contributed by atoms with Gasteiger partial charge in [-0.3, -0.25) is 0 Å². The van der Waals surface area contributed by atoms with Crippen molar-refractivity contribution in [2.24, 2.45) is 0 Å². The zero-order valence-corrected chi connectivity index (χ0v) is 11.3. The Morgan fingerprint density at radius 1 is 1.62 bits per heavy atom. The number of aromatic nitrogens is 1. The summed E-state index contributed by atoms with van der Waals surface area (Å²) in [5, 5.41) is 2.83. The molecule has 1 aromatic heterocycles. The molecule has 0 radical (unpaired) electrons. The van der Waals surface area contributed by atoms with E-state index in [1.54, 1.807) is 11.3 Å². The van der Waals surface area contributed by atoms with Crippen LogP contribution in [0.5, 0.6) is 0 Å². The second-order valence-corrected chi connectivity index (χ2v) is 5.14. The molecule has 3 nitrogen and oxygen atoms in total. The minimum Gasteiger partial charge on any atom is -0.375 e. The van der Waals surface area contributed by atoms with Crippen molar-refractivity contribution in [3.8, 4) is 0 Å². The average molecular weight is 262 g/mol. The van der Waals surface area contributed by atoms with Gasteiger partial charge in [-0.05, 0) is 32.4 Å². The van der Waals surface area contributed by atoms with Crippen LogP contribution in [0.1, 0.15) is 37.8 Å². The monoisotopic (exact) mass is 261 g/mol. The number of hydrogen-bond acceptors (Lipinski definition) is 4. The van der Waals surface area contributed by atoms with Crippen LogP contribution < -0.4 is 5.73 Å². The Labute approximate surface area is 107 Å². The molecule has 2 N–H and O–H groups in total. The third-order valence-corrected chi connectivity index (χ3v) is 3.70. The highest BCUT2D eigenvalue weighted by molar-refractivity contribution is 7.13. The third kappa shape index (κ3) is 3.34. The van der Waals surface area contributed by atoms with Gasteiger partial charge in [0.1, 0.15) is 0 Å². The molecule has 92 valence electrons. The fourth-order valence-electron chi connectivity index (χ4n) is 2.30. The fourth-order valence-corrected chi connectivity index (χ4v) is 2.95. The first-order valence-corrected chi connectivity index (χ1v) is 6.61. The van der Waals surface area contributed by atoms with Gasteiger partial charge in [-0.2, -0.15) is 0 Å². The van der Waals surface area contributed by atoms with E-state index in [1.807, 2.05) is 0 Å². The van der Waals surface area contributed by atoms with Gasteiger partial charge in [0.25, 0.3) is 0 Å². The summed E-state index contributed by atoms with van der Waals surface area (Å²) in [6.07, 6.45) is 3.80. The van der Waals surface area contributed by atoms with Crippen molar-refractivity contribution < 1.29 is 0 Å². The molecule has 0 amide bonds. The molecule has 16 heavy (non-hydrogen) atoms. The molecule has 0 spiro atoms. The summed E-state index contributed by atoms with van der Waals surface area (Å²) in [7, 11) is 0. The summed E-state index contributed by atoms with van der Waals surface area (Å²) in [5.74, 6) is 0.610. The molecule has 1 saturated heterocycles. The van der Waals surface area contributed by atoms with Gasteiger partial charge < -0.3 is 10.6 Å². The number of thiazole rings is 1. The van der Waals surface area contributed by atoms with Crippen LogP contribution in [-0.4, -0.2) is 29.5 Å². The predicted octanol–water partition coefficient (Wildman–Crippen LogP) is 2.74. The lowest BCUT2D eigenvalue weighted by atomic mass is 9.95. The van der Waals surface area contributed by atoms with Crippen molar-refractivity contribution in [2.75, 3.05) is 25.4 Å². The SMILES string of the molecule is CCCN1CCCC(c2csc(N)n2)C1.Cl. The number of halogens is 1. The largest absolute Gasteiger partial charge is 0.375 e. The zero-order valence-electron chi connectivity index (χ0n) is 9.69. The van der Waals surface area contributed by atoms with E-state index in [9.17, 15) is 0 Å². The van der Waals surface area contributed by atoms with E-state index in [2.05, 4.69) is 22.2 Å². The van der Waals surface area contributed by atoms with E-state index in [0.29, 0.717) is 11.0 Å².